The Bertz CT molecular complexity index is 1460. The van der Waals surface area contributed by atoms with Crippen LogP contribution in [0.1, 0.15) is 62.4 Å². The molecule has 2 aliphatic rings. The molecular weight excluding hydrogens is 490 g/mol. The number of piperazine rings is 1. The van der Waals surface area contributed by atoms with Crippen LogP contribution in [0.2, 0.25) is 0 Å². The van der Waals surface area contributed by atoms with Gasteiger partial charge in [-0.1, -0.05) is 6.07 Å². The van der Waals surface area contributed by atoms with E-state index in [-0.39, 0.29) is 6.09 Å². The minimum atomic E-state index is -0.472. The number of H-pyrrole nitrogens is 1. The monoisotopic (exact) mass is 525 g/mol. The fraction of sp³-hybridized carbons (Fsp3) is 0.433. The van der Waals surface area contributed by atoms with E-state index in [1.807, 2.05) is 45.4 Å². The van der Waals surface area contributed by atoms with Gasteiger partial charge >= 0.3 is 6.09 Å². The molecule has 1 amide bonds. The van der Waals surface area contributed by atoms with Crippen LogP contribution in [0.15, 0.2) is 48.9 Å². The lowest BCUT2D eigenvalue weighted by Crippen LogP contribution is -2.49. The van der Waals surface area contributed by atoms with Crippen LogP contribution in [0.5, 0.6) is 0 Å². The smallest absolute Gasteiger partial charge is 0.410 e. The Morgan fingerprint density at radius 3 is 2.49 bits per heavy atom. The van der Waals surface area contributed by atoms with Gasteiger partial charge in [0.25, 0.3) is 0 Å². The number of hydrogen-bond acceptors (Lipinski definition) is 7. The number of aromatic amines is 1. The quantitative estimate of drug-likeness (QED) is 0.381. The van der Waals surface area contributed by atoms with E-state index in [1.165, 1.54) is 18.4 Å². The molecule has 1 aliphatic heterocycles. The Morgan fingerprint density at radius 1 is 1.00 bits per heavy atom. The van der Waals surface area contributed by atoms with E-state index < -0.39 is 5.60 Å². The highest BCUT2D eigenvalue weighted by molar-refractivity contribution is 5.81. The van der Waals surface area contributed by atoms with Gasteiger partial charge in [0.15, 0.2) is 0 Å². The molecule has 3 aromatic heterocycles. The molecule has 1 aliphatic carbocycles. The van der Waals surface area contributed by atoms with Crippen LogP contribution in [0.3, 0.4) is 0 Å². The number of rotatable bonds is 6. The minimum absolute atomic E-state index is 0.230. The van der Waals surface area contributed by atoms with Crippen molar-refractivity contribution in [2.45, 2.75) is 58.1 Å². The SMILES string of the molecule is CC(C)(C)OC(=O)N1CCN(Cc2ccnc(Cc3nc4ccc(-c5cnc(C6CC6)nc5)cc4[nH]3)c2)CC1. The number of ether oxygens (including phenoxy) is 1. The van der Waals surface area contributed by atoms with Crippen LogP contribution in [0.25, 0.3) is 22.2 Å². The second-order valence-electron chi connectivity index (χ2n) is 11.6. The lowest BCUT2D eigenvalue weighted by molar-refractivity contribution is 0.0139. The Balaban J connectivity index is 1.07. The summed E-state index contributed by atoms with van der Waals surface area (Å²) < 4.78 is 5.51. The summed E-state index contributed by atoms with van der Waals surface area (Å²) in [6.07, 6.45) is 8.51. The Morgan fingerprint density at radius 2 is 1.77 bits per heavy atom. The van der Waals surface area contributed by atoms with Crippen LogP contribution >= 0.6 is 0 Å². The molecule has 1 saturated heterocycles. The highest BCUT2D eigenvalue weighted by Gasteiger charge is 2.27. The van der Waals surface area contributed by atoms with Crippen LogP contribution in [0.4, 0.5) is 4.79 Å². The number of fused-ring (bicyclic) bond motifs is 1. The summed E-state index contributed by atoms with van der Waals surface area (Å²) in [5, 5.41) is 0. The fourth-order valence-electron chi connectivity index (χ4n) is 4.93. The molecule has 1 aromatic carbocycles. The minimum Gasteiger partial charge on any atom is -0.444 e. The first-order valence-electron chi connectivity index (χ1n) is 13.7. The van der Waals surface area contributed by atoms with Crippen molar-refractivity contribution in [1.29, 1.82) is 0 Å². The van der Waals surface area contributed by atoms with Gasteiger partial charge in [0, 0.05) is 74.9 Å². The molecule has 6 rings (SSSR count). The number of pyridine rings is 1. The number of imidazole rings is 1. The summed E-state index contributed by atoms with van der Waals surface area (Å²) in [5.74, 6) is 2.40. The van der Waals surface area contributed by atoms with Crippen molar-refractivity contribution in [3.05, 3.63) is 71.8 Å². The first kappa shape index (κ1) is 25.4. The Hall–Kier alpha value is -3.85. The van der Waals surface area contributed by atoms with Crippen molar-refractivity contribution >= 4 is 17.1 Å². The Labute approximate surface area is 228 Å². The molecule has 0 bridgehead atoms. The lowest BCUT2D eigenvalue weighted by atomic mass is 10.1. The molecule has 2 fully saturated rings. The third-order valence-electron chi connectivity index (χ3n) is 7.14. The molecule has 0 atom stereocenters. The van der Waals surface area contributed by atoms with E-state index in [2.05, 4.69) is 49.1 Å². The number of amides is 1. The number of carbonyl (C=O) groups is 1. The van der Waals surface area contributed by atoms with Gasteiger partial charge in [-0.05, 0) is 69.0 Å². The molecule has 9 heteroatoms. The molecular formula is C30H35N7O2. The normalized spacial score (nSPS) is 16.5. The molecule has 0 unspecified atom stereocenters. The zero-order valence-corrected chi connectivity index (χ0v) is 22.9. The highest BCUT2D eigenvalue weighted by atomic mass is 16.6. The van der Waals surface area contributed by atoms with Crippen molar-refractivity contribution in [3.8, 4) is 11.1 Å². The highest BCUT2D eigenvalue weighted by Crippen LogP contribution is 2.38. The second-order valence-corrected chi connectivity index (χ2v) is 11.6. The van der Waals surface area contributed by atoms with E-state index in [1.54, 1.807) is 4.90 Å². The largest absolute Gasteiger partial charge is 0.444 e. The van der Waals surface area contributed by atoms with E-state index in [0.29, 0.717) is 25.4 Å². The van der Waals surface area contributed by atoms with Crippen molar-refractivity contribution in [3.63, 3.8) is 0 Å². The van der Waals surface area contributed by atoms with E-state index in [0.717, 1.165) is 59.1 Å². The van der Waals surface area contributed by atoms with Gasteiger partial charge in [-0.25, -0.2) is 19.7 Å². The van der Waals surface area contributed by atoms with Crippen molar-refractivity contribution in [1.82, 2.24) is 34.7 Å². The Kier molecular flexibility index (Phi) is 6.76. The van der Waals surface area contributed by atoms with Crippen molar-refractivity contribution < 1.29 is 9.53 Å². The molecule has 1 saturated carbocycles. The maximum absolute atomic E-state index is 12.4. The van der Waals surface area contributed by atoms with E-state index >= 15 is 0 Å². The van der Waals surface area contributed by atoms with Gasteiger partial charge in [-0.3, -0.25) is 9.88 Å². The van der Waals surface area contributed by atoms with E-state index in [4.69, 9.17) is 9.72 Å². The zero-order valence-electron chi connectivity index (χ0n) is 22.9. The second kappa shape index (κ2) is 10.4. The molecule has 39 heavy (non-hydrogen) atoms. The van der Waals surface area contributed by atoms with Gasteiger partial charge in [-0.2, -0.15) is 0 Å². The summed E-state index contributed by atoms with van der Waals surface area (Å²) in [5.41, 5.74) is 5.73. The number of nitrogens with zero attached hydrogens (tertiary/aromatic N) is 6. The molecule has 1 N–H and O–H groups in total. The fourth-order valence-corrected chi connectivity index (χ4v) is 4.93. The van der Waals surface area contributed by atoms with E-state index in [9.17, 15) is 4.79 Å². The molecule has 0 radical (unpaired) electrons. The first-order valence-corrected chi connectivity index (χ1v) is 13.7. The first-order chi connectivity index (χ1) is 18.8. The number of hydrogen-bond donors (Lipinski definition) is 1. The molecule has 0 spiro atoms. The van der Waals surface area contributed by atoms with Gasteiger partial charge in [0.05, 0.1) is 11.0 Å². The van der Waals surface area contributed by atoms with Crippen LogP contribution < -0.4 is 0 Å². The van der Waals surface area contributed by atoms with Crippen LogP contribution in [-0.2, 0) is 17.7 Å². The number of aromatic nitrogens is 5. The number of nitrogens with one attached hydrogen (secondary N) is 1. The van der Waals surface area contributed by atoms with Gasteiger partial charge in [-0.15, -0.1) is 0 Å². The molecule has 202 valence electrons. The average molecular weight is 526 g/mol. The van der Waals surface area contributed by atoms with Crippen molar-refractivity contribution in [2.75, 3.05) is 26.2 Å². The summed E-state index contributed by atoms with van der Waals surface area (Å²) in [4.78, 5) is 38.5. The summed E-state index contributed by atoms with van der Waals surface area (Å²) in [6, 6.07) is 10.4. The zero-order chi connectivity index (χ0) is 27.0. The van der Waals surface area contributed by atoms with Gasteiger partial charge in [0.2, 0.25) is 0 Å². The van der Waals surface area contributed by atoms with Gasteiger partial charge < -0.3 is 14.6 Å². The van der Waals surface area contributed by atoms with Crippen LogP contribution in [-0.4, -0.2) is 72.6 Å². The van der Waals surface area contributed by atoms with Crippen LogP contribution in [0, 0.1) is 0 Å². The maximum Gasteiger partial charge on any atom is 0.410 e. The predicted molar refractivity (Wildman–Crippen MR) is 149 cm³/mol. The summed E-state index contributed by atoms with van der Waals surface area (Å²) >= 11 is 0. The molecule has 4 aromatic rings. The predicted octanol–water partition coefficient (Wildman–Crippen LogP) is 4.94. The summed E-state index contributed by atoms with van der Waals surface area (Å²) in [7, 11) is 0. The molecule has 4 heterocycles. The number of carbonyl (C=O) groups excluding carboxylic acids is 1. The summed E-state index contributed by atoms with van der Waals surface area (Å²) in [6.45, 7) is 9.49. The third kappa shape index (κ3) is 6.25. The van der Waals surface area contributed by atoms with Crippen molar-refractivity contribution in [2.24, 2.45) is 0 Å². The lowest BCUT2D eigenvalue weighted by Gasteiger charge is -2.35. The topological polar surface area (TPSA) is 100 Å². The maximum atomic E-state index is 12.4. The third-order valence-corrected chi connectivity index (χ3v) is 7.14. The number of benzene rings is 1. The van der Waals surface area contributed by atoms with Gasteiger partial charge in [0.1, 0.15) is 17.2 Å². The average Bonchev–Trinajstić information content (AvgIpc) is 3.68. The molecule has 9 nitrogen and oxygen atoms in total. The standard InChI is InChI=1S/C30H35N7O2/c1-30(2,3)39-29(38)37-12-10-36(11-13-37)19-20-8-9-31-24(14-20)16-27-34-25-7-6-22(15-26(25)35-27)23-17-32-28(33-18-23)21-4-5-21/h6-9,14-15,17-18,21H,4-5,10-13,16,19H2,1-3H3,(H,34,35).